The quantitative estimate of drug-likeness (QED) is 0.706. The van der Waals surface area contributed by atoms with Crippen LogP contribution in [0.1, 0.15) is 30.4 Å². The van der Waals surface area contributed by atoms with Crippen molar-refractivity contribution in [1.29, 1.82) is 0 Å². The van der Waals surface area contributed by atoms with Gasteiger partial charge in [-0.1, -0.05) is 0 Å². The summed E-state index contributed by atoms with van der Waals surface area (Å²) < 4.78 is 16.3. The molecule has 0 aromatic heterocycles. The van der Waals surface area contributed by atoms with Gasteiger partial charge in [-0.05, 0) is 37.5 Å². The molecule has 1 aromatic rings. The molecule has 0 unspecified atom stereocenters. The van der Waals surface area contributed by atoms with Gasteiger partial charge in [0.25, 0.3) is 0 Å². The molecule has 0 radical (unpaired) electrons. The van der Waals surface area contributed by atoms with Gasteiger partial charge in [-0.3, -0.25) is 0 Å². The van der Waals surface area contributed by atoms with Gasteiger partial charge in [-0.15, -0.1) is 0 Å². The number of benzene rings is 1. The minimum absolute atomic E-state index is 0.664. The molecule has 0 saturated heterocycles. The number of ether oxygens (including phenoxy) is 3. The summed E-state index contributed by atoms with van der Waals surface area (Å²) in [5, 5.41) is 3.52. The molecule has 0 heterocycles. The second-order valence-corrected chi connectivity index (χ2v) is 5.27. The van der Waals surface area contributed by atoms with Crippen molar-refractivity contribution < 1.29 is 14.2 Å². The Labute approximate surface area is 121 Å². The van der Waals surface area contributed by atoms with Gasteiger partial charge in [0, 0.05) is 38.3 Å². The fourth-order valence-corrected chi connectivity index (χ4v) is 2.12. The molecule has 1 saturated carbocycles. The van der Waals surface area contributed by atoms with Gasteiger partial charge in [0.15, 0.2) is 0 Å². The van der Waals surface area contributed by atoms with Crippen molar-refractivity contribution in [3.05, 3.63) is 23.3 Å². The third kappa shape index (κ3) is 4.39. The Morgan fingerprint density at radius 1 is 1.15 bits per heavy atom. The first-order valence-corrected chi connectivity index (χ1v) is 7.27. The molecule has 0 aliphatic heterocycles. The van der Waals surface area contributed by atoms with E-state index in [2.05, 4.69) is 17.4 Å². The van der Waals surface area contributed by atoms with Crippen LogP contribution in [0.5, 0.6) is 11.5 Å². The first kappa shape index (κ1) is 15.1. The summed E-state index contributed by atoms with van der Waals surface area (Å²) in [7, 11) is 3.41. The van der Waals surface area contributed by atoms with E-state index in [0.717, 1.165) is 36.6 Å². The molecule has 4 nitrogen and oxygen atoms in total. The molecule has 0 atom stereocenters. The zero-order valence-corrected chi connectivity index (χ0v) is 12.7. The predicted octanol–water partition coefficient (Wildman–Crippen LogP) is 2.67. The maximum atomic E-state index is 5.86. The number of rotatable bonds is 9. The van der Waals surface area contributed by atoms with E-state index in [-0.39, 0.29) is 0 Å². The zero-order valence-electron chi connectivity index (χ0n) is 12.7. The average molecular weight is 279 g/mol. The fourth-order valence-electron chi connectivity index (χ4n) is 2.12. The predicted molar refractivity (Wildman–Crippen MR) is 79.6 cm³/mol. The lowest BCUT2D eigenvalue weighted by Crippen LogP contribution is -2.15. The van der Waals surface area contributed by atoms with Gasteiger partial charge in [0.1, 0.15) is 11.5 Å². The number of hydrogen-bond acceptors (Lipinski definition) is 4. The van der Waals surface area contributed by atoms with Crippen LogP contribution < -0.4 is 14.8 Å². The Balaban J connectivity index is 2.00. The second kappa shape index (κ2) is 7.50. The maximum absolute atomic E-state index is 5.86. The van der Waals surface area contributed by atoms with Gasteiger partial charge in [-0.25, -0.2) is 0 Å². The minimum Gasteiger partial charge on any atom is -0.496 e. The van der Waals surface area contributed by atoms with Crippen LogP contribution in [0.15, 0.2) is 12.1 Å². The van der Waals surface area contributed by atoms with Crippen LogP contribution in [-0.4, -0.2) is 33.5 Å². The lowest BCUT2D eigenvalue weighted by molar-refractivity contribution is 0.171. The molecule has 0 amide bonds. The third-order valence-corrected chi connectivity index (χ3v) is 3.51. The highest BCUT2D eigenvalue weighted by molar-refractivity contribution is 5.47. The Hall–Kier alpha value is -1.26. The van der Waals surface area contributed by atoms with Crippen LogP contribution in [0, 0.1) is 6.92 Å². The summed E-state index contributed by atoms with van der Waals surface area (Å²) in [6, 6.07) is 4.90. The van der Waals surface area contributed by atoms with E-state index in [1.54, 1.807) is 14.2 Å². The third-order valence-electron chi connectivity index (χ3n) is 3.51. The summed E-state index contributed by atoms with van der Waals surface area (Å²) >= 11 is 0. The van der Waals surface area contributed by atoms with Crippen LogP contribution in [0.25, 0.3) is 0 Å². The standard InChI is InChI=1S/C16H25NO3/c1-12-15(19-3)9-13(11-17-14-5-6-14)10-16(12)20-8-4-7-18-2/h9-10,14,17H,4-8,11H2,1-3H3. The Bertz CT molecular complexity index is 430. The molecule has 20 heavy (non-hydrogen) atoms. The highest BCUT2D eigenvalue weighted by Crippen LogP contribution is 2.30. The summed E-state index contributed by atoms with van der Waals surface area (Å²) in [4.78, 5) is 0. The molecular weight excluding hydrogens is 254 g/mol. The van der Waals surface area contributed by atoms with Crippen LogP contribution in [0.3, 0.4) is 0 Å². The molecular formula is C16H25NO3. The molecule has 0 bridgehead atoms. The lowest BCUT2D eigenvalue weighted by Gasteiger charge is -2.15. The highest BCUT2D eigenvalue weighted by atomic mass is 16.5. The van der Waals surface area contributed by atoms with Gasteiger partial charge < -0.3 is 19.5 Å². The lowest BCUT2D eigenvalue weighted by atomic mass is 10.1. The monoisotopic (exact) mass is 279 g/mol. The van der Waals surface area contributed by atoms with E-state index in [4.69, 9.17) is 14.2 Å². The van der Waals surface area contributed by atoms with Crippen molar-refractivity contribution in [3.8, 4) is 11.5 Å². The molecule has 1 aliphatic rings. The number of methoxy groups -OCH3 is 2. The molecule has 1 N–H and O–H groups in total. The van der Waals surface area contributed by atoms with E-state index >= 15 is 0 Å². The summed E-state index contributed by atoms with van der Waals surface area (Å²) in [6.45, 7) is 4.29. The summed E-state index contributed by atoms with van der Waals surface area (Å²) in [6.07, 6.45) is 3.48. The molecule has 2 rings (SSSR count). The van der Waals surface area contributed by atoms with Crippen molar-refractivity contribution in [2.24, 2.45) is 0 Å². The zero-order chi connectivity index (χ0) is 14.4. The molecule has 4 heteroatoms. The van der Waals surface area contributed by atoms with Gasteiger partial charge in [-0.2, -0.15) is 0 Å². The van der Waals surface area contributed by atoms with Gasteiger partial charge in [0.05, 0.1) is 13.7 Å². The molecule has 0 spiro atoms. The molecule has 1 aromatic carbocycles. The van der Waals surface area contributed by atoms with E-state index < -0.39 is 0 Å². The van der Waals surface area contributed by atoms with Gasteiger partial charge in [0.2, 0.25) is 0 Å². The van der Waals surface area contributed by atoms with E-state index in [9.17, 15) is 0 Å². The molecule has 112 valence electrons. The SMILES string of the molecule is COCCCOc1cc(CNC2CC2)cc(OC)c1C. The summed E-state index contributed by atoms with van der Waals surface area (Å²) in [5.41, 5.74) is 2.26. The largest absolute Gasteiger partial charge is 0.496 e. The fraction of sp³-hybridized carbons (Fsp3) is 0.625. The van der Waals surface area contributed by atoms with Crippen LogP contribution in [0.2, 0.25) is 0 Å². The van der Waals surface area contributed by atoms with Crippen molar-refractivity contribution in [3.63, 3.8) is 0 Å². The van der Waals surface area contributed by atoms with E-state index in [1.807, 2.05) is 6.92 Å². The minimum atomic E-state index is 0.664. The first-order valence-electron chi connectivity index (χ1n) is 7.27. The normalized spacial score (nSPS) is 14.3. The number of hydrogen-bond donors (Lipinski definition) is 1. The Morgan fingerprint density at radius 2 is 1.90 bits per heavy atom. The van der Waals surface area contributed by atoms with Gasteiger partial charge >= 0.3 is 0 Å². The maximum Gasteiger partial charge on any atom is 0.126 e. The smallest absolute Gasteiger partial charge is 0.126 e. The van der Waals surface area contributed by atoms with Crippen molar-refractivity contribution >= 4 is 0 Å². The Morgan fingerprint density at radius 3 is 2.55 bits per heavy atom. The molecule has 1 fully saturated rings. The Kier molecular flexibility index (Phi) is 5.68. The van der Waals surface area contributed by atoms with Crippen LogP contribution in [-0.2, 0) is 11.3 Å². The first-order chi connectivity index (χ1) is 9.74. The van der Waals surface area contributed by atoms with Crippen LogP contribution >= 0.6 is 0 Å². The highest BCUT2D eigenvalue weighted by Gasteiger charge is 2.20. The van der Waals surface area contributed by atoms with Crippen molar-refractivity contribution in [2.45, 2.75) is 38.8 Å². The topological polar surface area (TPSA) is 39.7 Å². The van der Waals surface area contributed by atoms with E-state index in [0.29, 0.717) is 12.6 Å². The summed E-state index contributed by atoms with van der Waals surface area (Å²) in [5.74, 6) is 1.80. The average Bonchev–Trinajstić information content (AvgIpc) is 3.27. The van der Waals surface area contributed by atoms with E-state index in [1.165, 1.54) is 18.4 Å². The van der Waals surface area contributed by atoms with Crippen molar-refractivity contribution in [2.75, 3.05) is 27.4 Å². The number of nitrogens with one attached hydrogen (secondary N) is 1. The molecule has 1 aliphatic carbocycles. The van der Waals surface area contributed by atoms with Crippen molar-refractivity contribution in [1.82, 2.24) is 5.32 Å². The van der Waals surface area contributed by atoms with Crippen LogP contribution in [0.4, 0.5) is 0 Å². The second-order valence-electron chi connectivity index (χ2n) is 5.27.